The second-order valence-corrected chi connectivity index (χ2v) is 8.28. The topological polar surface area (TPSA) is 100 Å². The van der Waals surface area contributed by atoms with Gasteiger partial charge in [0.1, 0.15) is 17.4 Å². The maximum atomic E-state index is 13.8. The first-order valence-electron chi connectivity index (χ1n) is 11.0. The van der Waals surface area contributed by atoms with Crippen LogP contribution in [0.2, 0.25) is 0 Å². The largest absolute Gasteiger partial charge is 0.497 e. The van der Waals surface area contributed by atoms with Gasteiger partial charge in [-0.15, -0.1) is 0 Å². The summed E-state index contributed by atoms with van der Waals surface area (Å²) in [5, 5.41) is 3.24. The predicted octanol–water partition coefficient (Wildman–Crippen LogP) is 3.27. The van der Waals surface area contributed by atoms with Gasteiger partial charge in [-0.25, -0.2) is 4.79 Å². The fourth-order valence-electron chi connectivity index (χ4n) is 4.60. The van der Waals surface area contributed by atoms with Crippen LogP contribution < -0.4 is 14.8 Å². The van der Waals surface area contributed by atoms with Gasteiger partial charge < -0.3 is 24.3 Å². The van der Waals surface area contributed by atoms with E-state index in [1.807, 2.05) is 13.8 Å². The first-order valence-corrected chi connectivity index (χ1v) is 11.0. The van der Waals surface area contributed by atoms with Crippen molar-refractivity contribution in [1.82, 2.24) is 5.32 Å². The minimum Gasteiger partial charge on any atom is -0.497 e. The Morgan fingerprint density at radius 1 is 1.15 bits per heavy atom. The molecule has 0 saturated heterocycles. The molecule has 0 spiro atoms. The van der Waals surface area contributed by atoms with Crippen LogP contribution in [0, 0.1) is 11.8 Å². The van der Waals surface area contributed by atoms with Gasteiger partial charge >= 0.3 is 11.9 Å². The number of hydrogen-bond acceptors (Lipinski definition) is 8. The minimum absolute atomic E-state index is 0.249. The molecule has 1 aromatic carbocycles. The average molecular weight is 458 g/mol. The summed E-state index contributed by atoms with van der Waals surface area (Å²) in [4.78, 5) is 39.5. The zero-order chi connectivity index (χ0) is 24.3. The molecule has 3 rings (SSSR count). The number of methoxy groups -OCH3 is 3. The molecule has 1 heterocycles. The molecule has 0 aromatic heterocycles. The number of benzene rings is 1. The lowest BCUT2D eigenvalue weighted by Gasteiger charge is -2.38. The van der Waals surface area contributed by atoms with Crippen LogP contribution in [0.4, 0.5) is 0 Å². The highest BCUT2D eigenvalue weighted by molar-refractivity contribution is 6.12. The van der Waals surface area contributed by atoms with Gasteiger partial charge in [0.2, 0.25) is 0 Å². The zero-order valence-electron chi connectivity index (χ0n) is 19.9. The van der Waals surface area contributed by atoms with Crippen molar-refractivity contribution in [2.45, 2.75) is 39.5 Å². The van der Waals surface area contributed by atoms with E-state index >= 15 is 0 Å². The number of esters is 2. The summed E-state index contributed by atoms with van der Waals surface area (Å²) in [6, 6.07) is 5.22. The van der Waals surface area contributed by atoms with Gasteiger partial charge in [-0.05, 0) is 43.9 Å². The Labute approximate surface area is 193 Å². The third-order valence-corrected chi connectivity index (χ3v) is 6.15. The van der Waals surface area contributed by atoms with E-state index in [0.29, 0.717) is 52.4 Å². The normalized spacial score (nSPS) is 22.4. The molecule has 1 aliphatic heterocycles. The van der Waals surface area contributed by atoms with Crippen molar-refractivity contribution in [3.05, 3.63) is 46.3 Å². The van der Waals surface area contributed by atoms with Crippen LogP contribution in [0.15, 0.2) is 40.7 Å². The Kier molecular flexibility index (Phi) is 7.46. The molecule has 8 nitrogen and oxygen atoms in total. The fourth-order valence-corrected chi connectivity index (χ4v) is 4.60. The molecule has 1 aromatic rings. The Morgan fingerprint density at radius 2 is 1.88 bits per heavy atom. The smallest absolute Gasteiger partial charge is 0.336 e. The number of carbonyl (C=O) groups is 3. The molecule has 0 fully saturated rings. The predicted molar refractivity (Wildman–Crippen MR) is 121 cm³/mol. The molecule has 0 unspecified atom stereocenters. The summed E-state index contributed by atoms with van der Waals surface area (Å²) in [6.07, 6.45) is 1.12. The van der Waals surface area contributed by atoms with Crippen molar-refractivity contribution in [1.29, 1.82) is 0 Å². The van der Waals surface area contributed by atoms with Gasteiger partial charge in [-0.3, -0.25) is 9.59 Å². The van der Waals surface area contributed by atoms with Crippen molar-refractivity contribution in [2.75, 3.05) is 27.9 Å². The number of carbonyl (C=O) groups excluding carboxylic acids is 3. The number of nitrogens with one attached hydrogen (secondary N) is 1. The van der Waals surface area contributed by atoms with Gasteiger partial charge in [-0.2, -0.15) is 0 Å². The van der Waals surface area contributed by atoms with Crippen LogP contribution in [-0.2, 0) is 23.9 Å². The third-order valence-electron chi connectivity index (χ3n) is 6.15. The van der Waals surface area contributed by atoms with E-state index in [1.165, 1.54) is 21.3 Å². The second kappa shape index (κ2) is 10.1. The zero-order valence-corrected chi connectivity index (χ0v) is 19.9. The summed E-state index contributed by atoms with van der Waals surface area (Å²) in [5.41, 5.74) is 2.53. The van der Waals surface area contributed by atoms with Crippen molar-refractivity contribution in [3.63, 3.8) is 0 Å². The fraction of sp³-hybridized carbons (Fsp3) is 0.480. The molecular weight excluding hydrogens is 426 g/mol. The van der Waals surface area contributed by atoms with E-state index in [1.54, 1.807) is 25.1 Å². The van der Waals surface area contributed by atoms with Crippen LogP contribution in [0.3, 0.4) is 0 Å². The summed E-state index contributed by atoms with van der Waals surface area (Å²) in [7, 11) is 4.33. The van der Waals surface area contributed by atoms with Crippen molar-refractivity contribution in [2.24, 2.45) is 11.8 Å². The molecule has 0 amide bonds. The maximum absolute atomic E-state index is 13.8. The Bertz CT molecular complexity index is 1020. The minimum atomic E-state index is -0.957. The first kappa shape index (κ1) is 24.4. The maximum Gasteiger partial charge on any atom is 0.336 e. The quantitative estimate of drug-likeness (QED) is 0.492. The van der Waals surface area contributed by atoms with Gasteiger partial charge in [0.05, 0.1) is 39.4 Å². The monoisotopic (exact) mass is 457 g/mol. The Hall–Kier alpha value is -3.29. The van der Waals surface area contributed by atoms with Crippen molar-refractivity contribution in [3.8, 4) is 11.5 Å². The number of Topliss-reactive ketones (excluding diaryl/α,β-unsaturated/α-hetero) is 1. The highest BCUT2D eigenvalue weighted by Gasteiger charge is 2.48. The van der Waals surface area contributed by atoms with E-state index in [9.17, 15) is 14.4 Å². The highest BCUT2D eigenvalue weighted by Crippen LogP contribution is 2.48. The molecule has 2 aliphatic rings. The second-order valence-electron chi connectivity index (χ2n) is 8.28. The van der Waals surface area contributed by atoms with Crippen LogP contribution in [-0.4, -0.2) is 45.7 Å². The van der Waals surface area contributed by atoms with Crippen LogP contribution in [0.5, 0.6) is 11.5 Å². The van der Waals surface area contributed by atoms with Gasteiger partial charge in [0.25, 0.3) is 0 Å². The highest BCUT2D eigenvalue weighted by atomic mass is 16.5. The van der Waals surface area contributed by atoms with E-state index in [2.05, 4.69) is 5.32 Å². The van der Waals surface area contributed by atoms with Crippen molar-refractivity contribution < 1.29 is 33.3 Å². The first-order chi connectivity index (χ1) is 15.8. The van der Waals surface area contributed by atoms with Gasteiger partial charge in [0, 0.05) is 22.5 Å². The molecule has 8 heteroatoms. The molecular formula is C25H31NO7. The summed E-state index contributed by atoms with van der Waals surface area (Å²) in [5.74, 6) is -2.45. The molecule has 33 heavy (non-hydrogen) atoms. The summed E-state index contributed by atoms with van der Waals surface area (Å²) in [6.45, 7) is 5.78. The average Bonchev–Trinajstić information content (AvgIpc) is 2.80. The molecule has 0 saturated carbocycles. The number of rotatable bonds is 7. The number of dihydropyridines is 1. The lowest BCUT2D eigenvalue weighted by molar-refractivity contribution is -0.151. The summed E-state index contributed by atoms with van der Waals surface area (Å²) < 4.78 is 21.4. The molecule has 0 radical (unpaired) electrons. The lowest BCUT2D eigenvalue weighted by atomic mass is 9.69. The standard InChI is InChI=1S/C25H31NO7/c1-7-10-33-25(29)20-14(3)26-17-11-13(2)19(24(28)32-6)23(27)22(17)21(20)16-12-15(30-4)8-9-18(16)31-5/h8-9,12-13,19,21,26H,7,10-11H2,1-6H3/t13-,19+,21+/m1/s1. The lowest BCUT2D eigenvalue weighted by Crippen LogP contribution is -2.43. The molecule has 0 bridgehead atoms. The van der Waals surface area contributed by atoms with E-state index in [4.69, 9.17) is 18.9 Å². The molecule has 178 valence electrons. The van der Waals surface area contributed by atoms with Crippen LogP contribution in [0.25, 0.3) is 0 Å². The molecule has 1 N–H and O–H groups in total. The van der Waals surface area contributed by atoms with Gasteiger partial charge in [-0.1, -0.05) is 13.8 Å². The third kappa shape index (κ3) is 4.47. The number of ether oxygens (including phenoxy) is 4. The molecule has 1 aliphatic carbocycles. The number of hydrogen-bond donors (Lipinski definition) is 1. The van der Waals surface area contributed by atoms with Crippen LogP contribution in [0.1, 0.15) is 45.1 Å². The Morgan fingerprint density at radius 3 is 2.48 bits per heavy atom. The number of allylic oxidation sites excluding steroid dienone is 3. The van der Waals surface area contributed by atoms with Crippen molar-refractivity contribution >= 4 is 17.7 Å². The van der Waals surface area contributed by atoms with Gasteiger partial charge in [0.15, 0.2) is 5.78 Å². The molecule has 3 atom stereocenters. The van der Waals surface area contributed by atoms with E-state index in [-0.39, 0.29) is 18.3 Å². The van der Waals surface area contributed by atoms with Crippen LogP contribution >= 0.6 is 0 Å². The van der Waals surface area contributed by atoms with E-state index < -0.39 is 23.8 Å². The Balaban J connectivity index is 2.25. The SMILES string of the molecule is CCCOC(=O)C1=C(C)NC2=C(C(=O)[C@@H](C(=O)OC)[C@H](C)C2)[C@H]1c1cc(OC)ccc1OC. The summed E-state index contributed by atoms with van der Waals surface area (Å²) >= 11 is 0. The van der Waals surface area contributed by atoms with E-state index in [0.717, 1.165) is 0 Å². The number of ketones is 1.